The van der Waals surface area contributed by atoms with Gasteiger partial charge in [-0.3, -0.25) is 9.79 Å². The lowest BCUT2D eigenvalue weighted by molar-refractivity contribution is 0.0953. The number of carbonyl (C=O) groups is 1. The first-order chi connectivity index (χ1) is 24.6. The number of ether oxygens (including phenoxy) is 4. The number of rotatable bonds is 15. The lowest BCUT2D eigenvalue weighted by atomic mass is 10.1. The number of fused-ring (bicyclic) bond motifs is 2. The van der Waals surface area contributed by atoms with Crippen molar-refractivity contribution in [3.8, 4) is 33.6 Å². The first-order valence-electron chi connectivity index (χ1n) is 17.9. The van der Waals surface area contributed by atoms with Gasteiger partial charge in [0.25, 0.3) is 5.91 Å². The molecule has 2 aliphatic rings. The number of amides is 1. The smallest absolute Gasteiger partial charge is 0.253 e. The number of piperazine rings is 1. The third-order valence-corrected chi connectivity index (χ3v) is 10.3. The van der Waals surface area contributed by atoms with Gasteiger partial charge in [0.1, 0.15) is 5.01 Å². The van der Waals surface area contributed by atoms with Crippen LogP contribution in [0.3, 0.4) is 0 Å². The summed E-state index contributed by atoms with van der Waals surface area (Å²) in [5.74, 6) is 2.58. The van der Waals surface area contributed by atoms with Gasteiger partial charge >= 0.3 is 0 Å². The maximum Gasteiger partial charge on any atom is 0.253 e. The van der Waals surface area contributed by atoms with E-state index in [0.717, 1.165) is 112 Å². The number of unbranched alkanes of at least 4 members (excludes halogenated alkanes) is 2. The van der Waals surface area contributed by atoms with E-state index in [2.05, 4.69) is 26.2 Å². The number of carbonyl (C=O) groups excluding carboxylic acids is 1. The maximum absolute atomic E-state index is 12.7. The summed E-state index contributed by atoms with van der Waals surface area (Å²) < 4.78 is 24.7. The molecule has 0 unspecified atom stereocenters. The van der Waals surface area contributed by atoms with E-state index in [9.17, 15) is 4.79 Å². The van der Waals surface area contributed by atoms with Gasteiger partial charge < -0.3 is 34.1 Å². The monoisotopic (exact) mass is 699 g/mol. The highest BCUT2D eigenvalue weighted by atomic mass is 32.1. The first-order valence-corrected chi connectivity index (χ1v) is 18.7. The number of methoxy groups -OCH3 is 2. The van der Waals surface area contributed by atoms with Gasteiger partial charge in [-0.1, -0.05) is 12.1 Å². The molecule has 0 radical (unpaired) electrons. The van der Waals surface area contributed by atoms with Crippen LogP contribution in [-0.2, 0) is 0 Å². The zero-order chi connectivity index (χ0) is 34.5. The molecule has 6 rings (SSSR count). The van der Waals surface area contributed by atoms with Crippen LogP contribution >= 0.6 is 11.3 Å². The number of nitrogens with zero attached hydrogens (tertiary/aromatic N) is 4. The standard InChI is InChI=1S/C39H49N5O5S/c1-46-33-15-14-29(39-42-31-12-4-5-13-37(31)50-39)26-35(33)48-24-10-8-18-43-20-22-44(23-21-43)19-9-11-25-49-36-28-32-30(27-34(36)47-2)38(45)41-17-7-3-6-16-40-32/h4-5,12-16,26-28H,3,6-11,17-25H2,1-2H3,(H,41,45). The van der Waals surface area contributed by atoms with Gasteiger partial charge in [0.05, 0.1) is 48.9 Å². The minimum atomic E-state index is -0.127. The molecule has 0 aliphatic carbocycles. The van der Waals surface area contributed by atoms with Gasteiger partial charge in [0, 0.05) is 50.6 Å². The largest absolute Gasteiger partial charge is 0.493 e. The summed E-state index contributed by atoms with van der Waals surface area (Å²) in [5.41, 5.74) is 3.20. The molecular weight excluding hydrogens is 651 g/mol. The molecule has 0 spiro atoms. The fraction of sp³-hybridized carbons (Fsp3) is 0.462. The van der Waals surface area contributed by atoms with Crippen LogP contribution in [0.25, 0.3) is 20.8 Å². The van der Waals surface area contributed by atoms with E-state index in [1.807, 2.05) is 48.7 Å². The molecule has 2 aliphatic heterocycles. The van der Waals surface area contributed by atoms with Crippen molar-refractivity contribution in [1.82, 2.24) is 20.1 Å². The van der Waals surface area contributed by atoms with Gasteiger partial charge in [-0.25, -0.2) is 4.98 Å². The molecular formula is C39H49N5O5S. The van der Waals surface area contributed by atoms with Crippen molar-refractivity contribution in [3.05, 3.63) is 60.2 Å². The molecule has 1 N–H and O–H groups in total. The summed E-state index contributed by atoms with van der Waals surface area (Å²) in [7, 11) is 3.29. The maximum atomic E-state index is 12.7. The van der Waals surface area contributed by atoms with Gasteiger partial charge in [0.15, 0.2) is 23.0 Å². The van der Waals surface area contributed by atoms with Crippen molar-refractivity contribution >= 4 is 39.4 Å². The van der Waals surface area contributed by atoms with E-state index in [1.54, 1.807) is 31.6 Å². The SMILES string of the molecule is COc1ccc(-c2nc3ccccc3s2)cc1OCCCCN1CCN(CCCCOc2cc3c(cc2OC)C(=O)NCCCCC=N3)CC1. The van der Waals surface area contributed by atoms with Gasteiger partial charge in [-0.2, -0.15) is 0 Å². The normalized spacial score (nSPS) is 15.8. The van der Waals surface area contributed by atoms with Crippen molar-refractivity contribution in [1.29, 1.82) is 0 Å². The van der Waals surface area contributed by atoms with E-state index in [1.165, 1.54) is 4.70 Å². The van der Waals surface area contributed by atoms with E-state index in [0.29, 0.717) is 42.5 Å². The number of hydrogen-bond donors (Lipinski definition) is 1. The summed E-state index contributed by atoms with van der Waals surface area (Å²) in [6.07, 6.45) is 8.82. The molecule has 1 amide bonds. The highest BCUT2D eigenvalue weighted by Gasteiger charge is 2.19. The highest BCUT2D eigenvalue weighted by Crippen LogP contribution is 2.37. The van der Waals surface area contributed by atoms with Crippen LogP contribution < -0.4 is 24.3 Å². The molecule has 1 saturated heterocycles. The van der Waals surface area contributed by atoms with Crippen LogP contribution in [-0.4, -0.2) is 100 Å². The summed E-state index contributed by atoms with van der Waals surface area (Å²) in [4.78, 5) is 27.2. The van der Waals surface area contributed by atoms with Crippen molar-refractivity contribution in [3.63, 3.8) is 0 Å². The summed E-state index contributed by atoms with van der Waals surface area (Å²) in [6.45, 7) is 8.42. The van der Waals surface area contributed by atoms with Crippen LogP contribution in [0.1, 0.15) is 55.3 Å². The Labute approximate surface area is 299 Å². The van der Waals surface area contributed by atoms with Crippen molar-refractivity contribution in [2.24, 2.45) is 4.99 Å². The molecule has 3 heterocycles. The Hall–Kier alpha value is -4.19. The second-order valence-corrected chi connectivity index (χ2v) is 13.8. The summed E-state index contributed by atoms with van der Waals surface area (Å²) in [6, 6.07) is 17.9. The van der Waals surface area contributed by atoms with Gasteiger partial charge in [0.2, 0.25) is 0 Å². The topological polar surface area (TPSA) is 97.8 Å². The molecule has 0 atom stereocenters. The molecule has 0 bridgehead atoms. The van der Waals surface area contributed by atoms with E-state index >= 15 is 0 Å². The Balaban J connectivity index is 0.873. The number of aromatic nitrogens is 1. The third kappa shape index (κ3) is 9.53. The summed E-state index contributed by atoms with van der Waals surface area (Å²) in [5, 5.41) is 3.97. The van der Waals surface area contributed by atoms with Crippen LogP contribution in [0, 0.1) is 0 Å². The van der Waals surface area contributed by atoms with Crippen LogP contribution in [0.15, 0.2) is 59.6 Å². The zero-order valence-corrected chi connectivity index (χ0v) is 30.1. The molecule has 0 saturated carbocycles. The third-order valence-electron chi connectivity index (χ3n) is 9.22. The van der Waals surface area contributed by atoms with Crippen LogP contribution in [0.2, 0.25) is 0 Å². The highest BCUT2D eigenvalue weighted by molar-refractivity contribution is 7.21. The Morgan fingerprint density at radius 3 is 2.18 bits per heavy atom. The number of nitrogens with one attached hydrogen (secondary N) is 1. The molecule has 1 fully saturated rings. The first kappa shape index (κ1) is 35.6. The molecule has 10 nitrogen and oxygen atoms in total. The molecule has 11 heteroatoms. The minimum absolute atomic E-state index is 0.127. The number of benzene rings is 3. The minimum Gasteiger partial charge on any atom is -0.493 e. The number of aliphatic imine (C=N–C) groups is 1. The fourth-order valence-corrected chi connectivity index (χ4v) is 7.29. The average Bonchev–Trinajstić information content (AvgIpc) is 3.59. The predicted molar refractivity (Wildman–Crippen MR) is 201 cm³/mol. The predicted octanol–water partition coefficient (Wildman–Crippen LogP) is 7.23. The Bertz CT molecular complexity index is 1700. The number of para-hydroxylation sites is 1. The molecule has 3 aromatic carbocycles. The van der Waals surface area contributed by atoms with Gasteiger partial charge in [-0.05, 0) is 94.4 Å². The molecule has 266 valence electrons. The Kier molecular flexibility index (Phi) is 12.9. The van der Waals surface area contributed by atoms with E-state index in [4.69, 9.17) is 23.9 Å². The quantitative estimate of drug-likeness (QED) is 0.130. The molecule has 4 aromatic rings. The van der Waals surface area contributed by atoms with Crippen molar-refractivity contribution < 1.29 is 23.7 Å². The van der Waals surface area contributed by atoms with Crippen LogP contribution in [0.5, 0.6) is 23.0 Å². The summed E-state index contributed by atoms with van der Waals surface area (Å²) >= 11 is 1.69. The number of hydrogen-bond acceptors (Lipinski definition) is 10. The zero-order valence-electron chi connectivity index (χ0n) is 29.3. The van der Waals surface area contributed by atoms with E-state index in [-0.39, 0.29) is 5.91 Å². The van der Waals surface area contributed by atoms with E-state index < -0.39 is 0 Å². The fourth-order valence-electron chi connectivity index (χ4n) is 6.32. The Morgan fingerprint density at radius 1 is 0.780 bits per heavy atom. The second kappa shape index (κ2) is 18.2. The average molecular weight is 700 g/mol. The molecule has 1 aromatic heterocycles. The van der Waals surface area contributed by atoms with Crippen LogP contribution in [0.4, 0.5) is 5.69 Å². The lowest BCUT2D eigenvalue weighted by Gasteiger charge is -2.34. The van der Waals surface area contributed by atoms with Crippen molar-refractivity contribution in [2.45, 2.75) is 44.9 Å². The van der Waals surface area contributed by atoms with Gasteiger partial charge in [-0.15, -0.1) is 11.3 Å². The Morgan fingerprint density at radius 2 is 1.48 bits per heavy atom. The second-order valence-electron chi connectivity index (χ2n) is 12.7. The van der Waals surface area contributed by atoms with Crippen molar-refractivity contribution in [2.75, 3.05) is 73.2 Å². The number of thiazole rings is 1. The lowest BCUT2D eigenvalue weighted by Crippen LogP contribution is -2.46. The molecule has 50 heavy (non-hydrogen) atoms.